The summed E-state index contributed by atoms with van der Waals surface area (Å²) in [6.45, 7) is 0. The highest BCUT2D eigenvalue weighted by atomic mass is 16.1. The van der Waals surface area contributed by atoms with E-state index in [1.54, 1.807) is 30.5 Å². The number of anilines is 1. The van der Waals surface area contributed by atoms with Gasteiger partial charge in [-0.3, -0.25) is 4.79 Å². The van der Waals surface area contributed by atoms with Crippen molar-refractivity contribution in [3.8, 4) is 11.8 Å². The van der Waals surface area contributed by atoms with Crippen molar-refractivity contribution in [3.05, 3.63) is 95.7 Å². The highest BCUT2D eigenvalue weighted by molar-refractivity contribution is 6.03. The third kappa shape index (κ3) is 4.05. The summed E-state index contributed by atoms with van der Waals surface area (Å²) >= 11 is 0. The summed E-state index contributed by atoms with van der Waals surface area (Å²) in [6, 6.07) is 22.3. The minimum Gasteiger partial charge on any atom is -0.307 e. The Labute approximate surface area is 135 Å². The molecule has 0 aliphatic heterocycles. The number of nitrogens with zero attached hydrogens (tertiary/aromatic N) is 1. The first-order chi connectivity index (χ1) is 11.3. The average molecular weight is 298 g/mol. The van der Waals surface area contributed by atoms with Crippen molar-refractivity contribution >= 4 is 11.7 Å². The van der Waals surface area contributed by atoms with Gasteiger partial charge in [-0.05, 0) is 48.5 Å². The standard InChI is InChI=1S/C20H14N2O/c23-20(22-19-8-4-5-15-21-19)18-13-11-17(12-14-18)10-9-16-6-2-1-3-7-16/h1-8,11-15H,(H,21,22,23). The van der Waals surface area contributed by atoms with Crippen LogP contribution in [-0.2, 0) is 0 Å². The summed E-state index contributed by atoms with van der Waals surface area (Å²) in [5, 5.41) is 2.75. The second-order valence-electron chi connectivity index (χ2n) is 4.86. The number of aromatic nitrogens is 1. The Kier molecular flexibility index (Phi) is 4.47. The fourth-order valence-electron chi connectivity index (χ4n) is 2.00. The van der Waals surface area contributed by atoms with E-state index in [9.17, 15) is 4.79 Å². The van der Waals surface area contributed by atoms with E-state index in [1.165, 1.54) is 0 Å². The first kappa shape index (κ1) is 14.6. The van der Waals surface area contributed by atoms with Gasteiger partial charge in [-0.2, -0.15) is 0 Å². The lowest BCUT2D eigenvalue weighted by molar-refractivity contribution is 0.102. The number of pyridine rings is 1. The number of carbonyl (C=O) groups excluding carboxylic acids is 1. The van der Waals surface area contributed by atoms with Crippen LogP contribution in [0.1, 0.15) is 21.5 Å². The Hall–Kier alpha value is -3.38. The predicted molar refractivity (Wildman–Crippen MR) is 91.1 cm³/mol. The summed E-state index contributed by atoms with van der Waals surface area (Å²) in [7, 11) is 0. The van der Waals surface area contributed by atoms with Crippen molar-refractivity contribution in [2.75, 3.05) is 5.32 Å². The van der Waals surface area contributed by atoms with E-state index >= 15 is 0 Å². The molecule has 110 valence electrons. The van der Waals surface area contributed by atoms with Gasteiger partial charge in [-0.15, -0.1) is 0 Å². The van der Waals surface area contributed by atoms with Crippen molar-refractivity contribution in [1.29, 1.82) is 0 Å². The van der Waals surface area contributed by atoms with Crippen LogP contribution in [0.3, 0.4) is 0 Å². The molecule has 3 heteroatoms. The zero-order valence-corrected chi connectivity index (χ0v) is 12.4. The zero-order valence-electron chi connectivity index (χ0n) is 12.4. The number of amides is 1. The molecule has 0 fully saturated rings. The molecule has 2 aromatic carbocycles. The van der Waals surface area contributed by atoms with Crippen LogP contribution in [-0.4, -0.2) is 10.9 Å². The van der Waals surface area contributed by atoms with E-state index in [0.717, 1.165) is 11.1 Å². The molecule has 23 heavy (non-hydrogen) atoms. The number of benzene rings is 2. The lowest BCUT2D eigenvalue weighted by Crippen LogP contribution is -2.12. The fourth-order valence-corrected chi connectivity index (χ4v) is 2.00. The highest BCUT2D eigenvalue weighted by Gasteiger charge is 2.05. The molecule has 0 aliphatic carbocycles. The average Bonchev–Trinajstić information content (AvgIpc) is 2.62. The number of carbonyl (C=O) groups is 1. The second-order valence-corrected chi connectivity index (χ2v) is 4.86. The molecule has 1 N–H and O–H groups in total. The van der Waals surface area contributed by atoms with E-state index < -0.39 is 0 Å². The lowest BCUT2D eigenvalue weighted by Gasteiger charge is -2.03. The number of hydrogen-bond acceptors (Lipinski definition) is 2. The van der Waals surface area contributed by atoms with Gasteiger partial charge in [-0.25, -0.2) is 4.98 Å². The van der Waals surface area contributed by atoms with Gasteiger partial charge in [-0.1, -0.05) is 36.1 Å². The van der Waals surface area contributed by atoms with Crippen molar-refractivity contribution in [1.82, 2.24) is 4.98 Å². The van der Waals surface area contributed by atoms with E-state index in [-0.39, 0.29) is 5.91 Å². The fraction of sp³-hybridized carbons (Fsp3) is 0. The van der Waals surface area contributed by atoms with Gasteiger partial charge in [0.2, 0.25) is 0 Å². The quantitative estimate of drug-likeness (QED) is 0.732. The largest absolute Gasteiger partial charge is 0.307 e. The third-order valence-corrected chi connectivity index (χ3v) is 3.18. The highest BCUT2D eigenvalue weighted by Crippen LogP contribution is 2.08. The predicted octanol–water partition coefficient (Wildman–Crippen LogP) is 3.73. The van der Waals surface area contributed by atoms with Crippen molar-refractivity contribution in [2.24, 2.45) is 0 Å². The molecule has 1 amide bonds. The van der Waals surface area contributed by atoms with Crippen molar-refractivity contribution in [2.45, 2.75) is 0 Å². The van der Waals surface area contributed by atoms with Crippen molar-refractivity contribution in [3.63, 3.8) is 0 Å². The van der Waals surface area contributed by atoms with Crippen LogP contribution in [0.4, 0.5) is 5.82 Å². The molecule has 0 atom stereocenters. The van der Waals surface area contributed by atoms with E-state index in [1.807, 2.05) is 48.5 Å². The molecule has 3 rings (SSSR count). The SMILES string of the molecule is O=C(Nc1ccccn1)c1ccc(C#Cc2ccccc2)cc1. The first-order valence-corrected chi connectivity index (χ1v) is 7.21. The van der Waals surface area contributed by atoms with Gasteiger partial charge in [0.1, 0.15) is 5.82 Å². The van der Waals surface area contributed by atoms with Crippen LogP contribution in [0.15, 0.2) is 79.0 Å². The maximum absolute atomic E-state index is 12.1. The van der Waals surface area contributed by atoms with Crippen LogP contribution in [0.5, 0.6) is 0 Å². The summed E-state index contributed by atoms with van der Waals surface area (Å²) in [5.41, 5.74) is 2.40. The lowest BCUT2D eigenvalue weighted by atomic mass is 10.1. The van der Waals surface area contributed by atoms with Gasteiger partial charge < -0.3 is 5.32 Å². The Morgan fingerprint density at radius 2 is 1.43 bits per heavy atom. The Bertz CT molecular complexity index is 845. The second kappa shape index (κ2) is 7.06. The van der Waals surface area contributed by atoms with Gasteiger partial charge in [0, 0.05) is 22.9 Å². The van der Waals surface area contributed by atoms with E-state index in [2.05, 4.69) is 22.1 Å². The Morgan fingerprint density at radius 1 is 0.783 bits per heavy atom. The molecule has 3 nitrogen and oxygen atoms in total. The third-order valence-electron chi connectivity index (χ3n) is 3.18. The van der Waals surface area contributed by atoms with Crippen LogP contribution in [0.2, 0.25) is 0 Å². The smallest absolute Gasteiger partial charge is 0.256 e. The molecule has 0 spiro atoms. The number of hydrogen-bond donors (Lipinski definition) is 1. The minimum absolute atomic E-state index is 0.189. The summed E-state index contributed by atoms with van der Waals surface area (Å²) < 4.78 is 0. The van der Waals surface area contributed by atoms with Crippen LogP contribution in [0, 0.1) is 11.8 Å². The van der Waals surface area contributed by atoms with E-state index in [4.69, 9.17) is 0 Å². The molecule has 1 aromatic heterocycles. The van der Waals surface area contributed by atoms with Crippen LogP contribution < -0.4 is 5.32 Å². The molecule has 0 saturated carbocycles. The van der Waals surface area contributed by atoms with E-state index in [0.29, 0.717) is 11.4 Å². The Balaban J connectivity index is 1.70. The molecule has 0 unspecified atom stereocenters. The number of rotatable bonds is 2. The minimum atomic E-state index is -0.189. The van der Waals surface area contributed by atoms with Gasteiger partial charge >= 0.3 is 0 Å². The molecule has 0 aliphatic rings. The molecule has 0 saturated heterocycles. The zero-order chi connectivity index (χ0) is 15.9. The molecular formula is C20H14N2O. The van der Waals surface area contributed by atoms with Gasteiger partial charge in [0.05, 0.1) is 0 Å². The first-order valence-electron chi connectivity index (χ1n) is 7.21. The van der Waals surface area contributed by atoms with Gasteiger partial charge in [0.25, 0.3) is 5.91 Å². The maximum atomic E-state index is 12.1. The summed E-state index contributed by atoms with van der Waals surface area (Å²) in [4.78, 5) is 16.2. The topological polar surface area (TPSA) is 42.0 Å². The van der Waals surface area contributed by atoms with Gasteiger partial charge in [0.15, 0.2) is 0 Å². The maximum Gasteiger partial charge on any atom is 0.256 e. The van der Waals surface area contributed by atoms with Crippen LogP contribution >= 0.6 is 0 Å². The molecular weight excluding hydrogens is 284 g/mol. The summed E-state index contributed by atoms with van der Waals surface area (Å²) in [6.07, 6.45) is 1.64. The van der Waals surface area contributed by atoms with Crippen molar-refractivity contribution < 1.29 is 4.79 Å². The normalized spacial score (nSPS) is 9.57. The molecule has 1 heterocycles. The molecule has 3 aromatic rings. The monoisotopic (exact) mass is 298 g/mol. The summed E-state index contributed by atoms with van der Waals surface area (Å²) in [5.74, 6) is 6.52. The van der Waals surface area contributed by atoms with Crippen LogP contribution in [0.25, 0.3) is 0 Å². The number of nitrogens with one attached hydrogen (secondary N) is 1. The Morgan fingerprint density at radius 3 is 2.09 bits per heavy atom. The molecule has 0 radical (unpaired) electrons. The molecule has 0 bridgehead atoms.